The third-order valence-electron chi connectivity index (χ3n) is 15.6. The second-order valence-electron chi connectivity index (χ2n) is 22.2. The SMILES string of the molecule is C=CCOC(=O)O[C@@H]1C(C)=C[C@H]2C(=O)O[C@H]3C[C@@H](C/C=C(\C)[C@@H](O[C@H]4C[C@H](OC)[C@@H](O[C@H]5C[C@H](OC)[C@H](N)[C@H](C)O5)[C@H](C)O4)[C@@H](C)/C=C/C=C4\CO[C@H]1[C@@]42O[Si](C)(C)C)O[C@@]1(C=C[C@H](C)[C@@H]([C@@H](C)CC)O1)C3. The van der Waals surface area contributed by atoms with Crippen molar-refractivity contribution >= 4 is 20.4 Å². The van der Waals surface area contributed by atoms with Crippen LogP contribution < -0.4 is 5.73 Å². The minimum atomic E-state index is -2.55. The van der Waals surface area contributed by atoms with Gasteiger partial charge in [0.25, 0.3) is 0 Å². The van der Waals surface area contributed by atoms with Gasteiger partial charge in [-0.2, -0.15) is 0 Å². The molecule has 7 aliphatic rings. The smallest absolute Gasteiger partial charge is 0.462 e. The van der Waals surface area contributed by atoms with Crippen LogP contribution in [0.1, 0.15) is 93.9 Å². The van der Waals surface area contributed by atoms with Crippen LogP contribution >= 0.6 is 0 Å². The number of hydrogen-bond acceptors (Lipinski definition) is 16. The van der Waals surface area contributed by atoms with E-state index in [1.807, 2.05) is 45.1 Å². The van der Waals surface area contributed by atoms with Crippen molar-refractivity contribution in [2.24, 2.45) is 29.4 Å². The molecule has 404 valence electrons. The van der Waals surface area contributed by atoms with Gasteiger partial charge in [0, 0.05) is 51.7 Å². The summed E-state index contributed by atoms with van der Waals surface area (Å²) in [5.41, 5.74) is 7.27. The molecule has 2 bridgehead atoms. The van der Waals surface area contributed by atoms with Gasteiger partial charge < -0.3 is 67.0 Å². The predicted molar refractivity (Wildman–Crippen MR) is 272 cm³/mol. The molecule has 0 saturated carbocycles. The van der Waals surface area contributed by atoms with Crippen LogP contribution in [0, 0.1) is 23.7 Å². The van der Waals surface area contributed by atoms with Crippen LogP contribution in [-0.2, 0) is 66.1 Å². The highest BCUT2D eigenvalue weighted by Crippen LogP contribution is 2.51. The zero-order valence-electron chi connectivity index (χ0n) is 45.1. The molecule has 0 aromatic heterocycles. The summed E-state index contributed by atoms with van der Waals surface area (Å²) in [4.78, 5) is 28.4. The fourth-order valence-corrected chi connectivity index (χ4v) is 13.1. The van der Waals surface area contributed by atoms with Crippen LogP contribution in [-0.4, -0.2) is 145 Å². The van der Waals surface area contributed by atoms with Crippen LogP contribution in [0.15, 0.2) is 71.9 Å². The molecule has 7 rings (SSSR count). The van der Waals surface area contributed by atoms with Crippen molar-refractivity contribution < 1.29 is 70.9 Å². The normalized spacial score (nSPS) is 44.0. The number of carbonyl (C=O) groups is 2. The number of rotatable bonds is 13. The Hall–Kier alpha value is -3.04. The lowest BCUT2D eigenvalue weighted by atomic mass is 9.70. The van der Waals surface area contributed by atoms with E-state index in [1.165, 1.54) is 6.08 Å². The zero-order valence-corrected chi connectivity index (χ0v) is 46.1. The van der Waals surface area contributed by atoms with Gasteiger partial charge in [0.2, 0.25) is 0 Å². The molecule has 6 heterocycles. The van der Waals surface area contributed by atoms with Crippen LogP contribution in [0.5, 0.6) is 0 Å². The van der Waals surface area contributed by atoms with Crippen LogP contribution in [0.2, 0.25) is 19.6 Å². The lowest BCUT2D eigenvalue weighted by molar-refractivity contribution is -0.311. The first kappa shape index (κ1) is 56.7. The van der Waals surface area contributed by atoms with E-state index < -0.39 is 93.1 Å². The summed E-state index contributed by atoms with van der Waals surface area (Å²) in [6.45, 7) is 26.4. The van der Waals surface area contributed by atoms with Gasteiger partial charge in [0.05, 0.1) is 55.4 Å². The minimum absolute atomic E-state index is 0.0308. The maximum atomic E-state index is 15.2. The monoisotopic (exact) mass is 1030 g/mol. The number of fused-ring (bicyclic) bond motifs is 2. The van der Waals surface area contributed by atoms with Gasteiger partial charge in [0.15, 0.2) is 32.8 Å². The van der Waals surface area contributed by atoms with Crippen molar-refractivity contribution in [3.63, 3.8) is 0 Å². The lowest BCUT2D eigenvalue weighted by Crippen LogP contribution is -2.62. The summed E-state index contributed by atoms with van der Waals surface area (Å²) in [6, 6.07) is -0.267. The number of carbonyl (C=O) groups excluding carboxylic acids is 2. The fraction of sp³-hybridized carbons (Fsp3) is 0.745. The van der Waals surface area contributed by atoms with E-state index in [4.69, 9.17) is 67.0 Å². The molecule has 17 heteroatoms. The van der Waals surface area contributed by atoms with Gasteiger partial charge in [-0.1, -0.05) is 83.2 Å². The molecule has 20 atom stereocenters. The molecule has 0 aromatic carbocycles. The average molecular weight is 1030 g/mol. The zero-order chi connectivity index (χ0) is 52.3. The van der Waals surface area contributed by atoms with Crippen molar-refractivity contribution in [1.82, 2.24) is 0 Å². The number of ether oxygens (including phenoxy) is 12. The summed E-state index contributed by atoms with van der Waals surface area (Å²) < 4.78 is 84.3. The number of esters is 1. The quantitative estimate of drug-likeness (QED) is 0.105. The van der Waals surface area contributed by atoms with Crippen LogP contribution in [0.25, 0.3) is 0 Å². The Balaban J connectivity index is 1.26. The molecule has 0 aromatic rings. The van der Waals surface area contributed by atoms with Gasteiger partial charge in [-0.25, -0.2) is 4.79 Å². The van der Waals surface area contributed by atoms with Crippen molar-refractivity contribution in [3.8, 4) is 0 Å². The summed E-state index contributed by atoms with van der Waals surface area (Å²) in [7, 11) is 0.778. The Kier molecular flexibility index (Phi) is 18.8. The predicted octanol–water partition coefficient (Wildman–Crippen LogP) is 8.55. The maximum absolute atomic E-state index is 15.2. The molecule has 1 aliphatic carbocycles. The second kappa shape index (κ2) is 23.9. The van der Waals surface area contributed by atoms with Crippen molar-refractivity contribution in [2.45, 2.75) is 211 Å². The van der Waals surface area contributed by atoms with E-state index in [0.717, 1.165) is 12.0 Å². The molecule has 6 aliphatic heterocycles. The largest absolute Gasteiger partial charge is 0.509 e. The first-order valence-electron chi connectivity index (χ1n) is 26.3. The van der Waals surface area contributed by atoms with E-state index >= 15 is 4.79 Å². The molecule has 16 nitrogen and oxygen atoms in total. The second-order valence-corrected chi connectivity index (χ2v) is 26.6. The Morgan fingerprint density at radius 3 is 2.33 bits per heavy atom. The average Bonchev–Trinajstić information content (AvgIpc) is 3.68. The summed E-state index contributed by atoms with van der Waals surface area (Å²) in [5.74, 6) is -2.34. The first-order valence-corrected chi connectivity index (χ1v) is 29.7. The van der Waals surface area contributed by atoms with Gasteiger partial charge in [-0.15, -0.1) is 0 Å². The molecule has 2 N–H and O–H groups in total. The van der Waals surface area contributed by atoms with E-state index in [1.54, 1.807) is 14.2 Å². The van der Waals surface area contributed by atoms with Crippen molar-refractivity contribution in [1.29, 1.82) is 0 Å². The molecular weight excluding hydrogens is 943 g/mol. The summed E-state index contributed by atoms with van der Waals surface area (Å²) in [6.07, 6.45) is 11.6. The van der Waals surface area contributed by atoms with E-state index in [9.17, 15) is 4.79 Å². The first-order chi connectivity index (χ1) is 34.1. The molecule has 1 spiro atoms. The highest BCUT2D eigenvalue weighted by molar-refractivity contribution is 6.69. The van der Waals surface area contributed by atoms with Crippen LogP contribution in [0.3, 0.4) is 0 Å². The number of methoxy groups -OCH3 is 2. The standard InChI is InChI=1S/C55H85NO15Si/c1-15-24-61-53(58)68-49-35(7)25-41-52(57)65-40-26-39(69-54(29-40)23-22-34(6)48(70-54)31(3)16-2)21-20-33(5)47(32(4)18-17-19-38-30-62-51(49)55(38,41)71-72(12,13)14)66-45-28-43(60-11)50(37(9)64-45)67-44-27-42(59-10)46(56)36(8)63-44/h15,17-20,22-23,25,31-32,34,36-37,39-51H,1,16,21,24,26-30,56H2,2-14H3/b18-17+,33-20+,38-19+/t31-,32-,34-,36-,37-,39+,40-,41-,42-,43-,44-,45-,46+,47-,48+,49+,50-,51+,54+,55+/m0/s1. The Labute approximate surface area is 429 Å². The van der Waals surface area contributed by atoms with E-state index in [0.29, 0.717) is 43.3 Å². The Bertz CT molecular complexity index is 2050. The number of allylic oxidation sites excluding steroid dienone is 2. The number of nitrogens with two attached hydrogens (primary N) is 1. The van der Waals surface area contributed by atoms with Gasteiger partial charge >= 0.3 is 12.1 Å². The maximum Gasteiger partial charge on any atom is 0.509 e. The molecule has 0 unspecified atom stereocenters. The third kappa shape index (κ3) is 12.6. The van der Waals surface area contributed by atoms with Crippen molar-refractivity contribution in [2.75, 3.05) is 27.4 Å². The Morgan fingerprint density at radius 2 is 1.64 bits per heavy atom. The van der Waals surface area contributed by atoms with Gasteiger partial charge in [-0.05, 0) is 82.5 Å². The van der Waals surface area contributed by atoms with E-state index in [2.05, 4.69) is 79.1 Å². The highest BCUT2D eigenvalue weighted by atomic mass is 28.4. The minimum Gasteiger partial charge on any atom is -0.462 e. The van der Waals surface area contributed by atoms with Gasteiger partial charge in [-0.3, -0.25) is 4.79 Å². The highest BCUT2D eigenvalue weighted by Gasteiger charge is 2.64. The molecule has 4 fully saturated rings. The summed E-state index contributed by atoms with van der Waals surface area (Å²) >= 11 is 0. The molecular formula is C55H85NO15Si. The molecule has 72 heavy (non-hydrogen) atoms. The molecule has 0 amide bonds. The number of hydrogen-bond donors (Lipinski definition) is 1. The molecule has 4 saturated heterocycles. The van der Waals surface area contributed by atoms with E-state index in [-0.39, 0.29) is 61.4 Å². The molecule has 0 radical (unpaired) electrons. The Morgan fingerprint density at radius 1 is 0.931 bits per heavy atom. The fourth-order valence-electron chi connectivity index (χ4n) is 11.7. The van der Waals surface area contributed by atoms with Crippen molar-refractivity contribution in [3.05, 3.63) is 71.9 Å². The topological polar surface area (TPSA) is 180 Å². The lowest BCUT2D eigenvalue weighted by Gasteiger charge is -2.49. The van der Waals surface area contributed by atoms with Gasteiger partial charge in [0.1, 0.15) is 36.4 Å². The van der Waals surface area contributed by atoms with Crippen LogP contribution in [0.4, 0.5) is 4.79 Å². The summed E-state index contributed by atoms with van der Waals surface area (Å²) in [5, 5.41) is 0. The third-order valence-corrected chi connectivity index (χ3v) is 16.5.